The van der Waals surface area contributed by atoms with Crippen molar-refractivity contribution in [2.24, 2.45) is 5.92 Å². The van der Waals surface area contributed by atoms with Gasteiger partial charge in [-0.25, -0.2) is 9.36 Å². The van der Waals surface area contributed by atoms with Crippen molar-refractivity contribution in [1.82, 2.24) is 5.32 Å². The normalized spacial score (nSPS) is 13.7. The largest absolute Gasteiger partial charge is 0.480 e. The van der Waals surface area contributed by atoms with E-state index in [0.717, 1.165) is 0 Å². The number of carbonyl (C=O) groups excluding carboxylic acids is 1. The molecule has 0 saturated carbocycles. The van der Waals surface area contributed by atoms with Gasteiger partial charge in [-0.15, -0.1) is 0 Å². The molecule has 8 heteroatoms. The Balaban J connectivity index is 4.50. The van der Waals surface area contributed by atoms with Crippen molar-refractivity contribution in [1.29, 1.82) is 0 Å². The van der Waals surface area contributed by atoms with Gasteiger partial charge in [-0.05, 0) is 12.3 Å². The maximum Gasteiger partial charge on any atom is 0.413 e. The number of hydrogen-bond donors (Lipinski definition) is 4. The Morgan fingerprint density at radius 2 is 1.80 bits per heavy atom. The summed E-state index contributed by atoms with van der Waals surface area (Å²) in [5, 5.41) is 10.5. The zero-order chi connectivity index (χ0) is 12.2. The molecule has 0 heterocycles. The maximum atomic E-state index is 10.8. The highest BCUT2D eigenvalue weighted by molar-refractivity contribution is 7.69. The van der Waals surface area contributed by atoms with Crippen LogP contribution in [0.15, 0.2) is 0 Å². The smallest absolute Gasteiger partial charge is 0.413 e. The van der Waals surface area contributed by atoms with Gasteiger partial charge in [0.15, 0.2) is 0 Å². The van der Waals surface area contributed by atoms with Gasteiger partial charge in [0.05, 0.1) is 0 Å². The van der Waals surface area contributed by atoms with Crippen LogP contribution >= 0.6 is 7.60 Å². The van der Waals surface area contributed by atoms with E-state index in [2.05, 4.69) is 0 Å². The third-order valence-electron chi connectivity index (χ3n) is 1.57. The van der Waals surface area contributed by atoms with Crippen LogP contribution in [0.2, 0.25) is 0 Å². The summed E-state index contributed by atoms with van der Waals surface area (Å²) >= 11 is 0. The molecule has 7 nitrogen and oxygen atoms in total. The predicted molar refractivity (Wildman–Crippen MR) is 51.5 cm³/mol. The number of carbonyl (C=O) groups is 2. The van der Waals surface area contributed by atoms with Crippen LogP contribution in [0.5, 0.6) is 0 Å². The maximum absolute atomic E-state index is 10.8. The molecule has 0 fully saturated rings. The monoisotopic (exact) mass is 239 g/mol. The predicted octanol–water partition coefficient (Wildman–Crippen LogP) is 0.373. The van der Waals surface area contributed by atoms with E-state index in [-0.39, 0.29) is 12.3 Å². The molecule has 0 aliphatic carbocycles. The molecule has 1 amide bonds. The SMILES string of the molecule is CC(C)C[C@H](NC(=O)P(=O)(O)O)C(=O)O. The van der Waals surface area contributed by atoms with Gasteiger partial charge in [-0.2, -0.15) is 0 Å². The van der Waals surface area contributed by atoms with E-state index in [1.807, 2.05) is 0 Å². The fourth-order valence-electron chi connectivity index (χ4n) is 0.926. The lowest BCUT2D eigenvalue weighted by atomic mass is 10.0. The topological polar surface area (TPSA) is 124 Å². The van der Waals surface area contributed by atoms with Crippen molar-refractivity contribution in [2.45, 2.75) is 26.3 Å². The third-order valence-corrected chi connectivity index (χ3v) is 2.23. The van der Waals surface area contributed by atoms with Crippen LogP contribution < -0.4 is 5.32 Å². The Morgan fingerprint density at radius 1 is 1.33 bits per heavy atom. The molecule has 0 aromatic rings. The van der Waals surface area contributed by atoms with Crippen LogP contribution in [-0.2, 0) is 9.36 Å². The van der Waals surface area contributed by atoms with Crippen molar-refractivity contribution >= 4 is 19.2 Å². The first-order valence-electron chi connectivity index (χ1n) is 4.24. The average molecular weight is 239 g/mol. The summed E-state index contributed by atoms with van der Waals surface area (Å²) in [5.41, 5.74) is -1.56. The number of aliphatic carboxylic acids is 1. The summed E-state index contributed by atoms with van der Waals surface area (Å²) in [6.07, 6.45) is 0.112. The quantitative estimate of drug-likeness (QED) is 0.514. The first kappa shape index (κ1) is 14.1. The summed E-state index contributed by atoms with van der Waals surface area (Å²) in [4.78, 5) is 38.4. The molecular formula is C7H14NO6P. The number of carboxylic acids is 1. The van der Waals surface area contributed by atoms with Crippen LogP contribution in [0.4, 0.5) is 4.79 Å². The molecule has 0 unspecified atom stereocenters. The summed E-state index contributed by atoms with van der Waals surface area (Å²) in [6.45, 7) is 3.47. The molecule has 88 valence electrons. The molecule has 0 spiro atoms. The van der Waals surface area contributed by atoms with Crippen LogP contribution in [0.1, 0.15) is 20.3 Å². The van der Waals surface area contributed by atoms with Gasteiger partial charge in [0, 0.05) is 0 Å². The molecule has 4 N–H and O–H groups in total. The highest BCUT2D eigenvalue weighted by atomic mass is 31.2. The lowest BCUT2D eigenvalue weighted by molar-refractivity contribution is -0.139. The molecule has 0 aliphatic heterocycles. The minimum absolute atomic E-state index is 0.0110. The Bertz CT molecular complexity index is 296. The van der Waals surface area contributed by atoms with E-state index in [9.17, 15) is 14.2 Å². The van der Waals surface area contributed by atoms with E-state index in [0.29, 0.717) is 0 Å². The van der Waals surface area contributed by atoms with Crippen LogP contribution in [0.3, 0.4) is 0 Å². The fraction of sp³-hybridized carbons (Fsp3) is 0.714. The molecule has 15 heavy (non-hydrogen) atoms. The second-order valence-corrected chi connectivity index (χ2v) is 5.01. The molecular weight excluding hydrogens is 225 g/mol. The molecule has 0 aromatic carbocycles. The second-order valence-electron chi connectivity index (χ2n) is 3.51. The van der Waals surface area contributed by atoms with Gasteiger partial charge in [-0.3, -0.25) is 4.79 Å². The van der Waals surface area contributed by atoms with Crippen molar-refractivity contribution < 1.29 is 29.0 Å². The number of nitrogens with one attached hydrogen (secondary N) is 1. The molecule has 0 rings (SSSR count). The van der Waals surface area contributed by atoms with Crippen molar-refractivity contribution in [3.05, 3.63) is 0 Å². The number of carboxylic acid groups (broad SMARTS) is 1. The van der Waals surface area contributed by atoms with Gasteiger partial charge >= 0.3 is 19.2 Å². The summed E-state index contributed by atoms with van der Waals surface area (Å²) in [5.74, 6) is -1.33. The standard InChI is InChI=1S/C7H14NO6P/c1-4(2)3-5(6(9)10)8-7(11)15(12,13)14/h4-5H,3H2,1-2H3,(H,8,11)(H,9,10)(H2,12,13,14)/t5-/m0/s1. The highest BCUT2D eigenvalue weighted by Gasteiger charge is 2.30. The summed E-state index contributed by atoms with van der Waals surface area (Å²) in [7, 11) is -4.91. The first-order chi connectivity index (χ1) is 6.64. The molecule has 0 bridgehead atoms. The Hall–Kier alpha value is -0.910. The van der Waals surface area contributed by atoms with Crippen LogP contribution in [0.25, 0.3) is 0 Å². The minimum Gasteiger partial charge on any atom is -0.480 e. The zero-order valence-electron chi connectivity index (χ0n) is 8.38. The van der Waals surface area contributed by atoms with Crippen molar-refractivity contribution in [3.8, 4) is 0 Å². The Morgan fingerprint density at radius 3 is 2.07 bits per heavy atom. The molecule has 0 aliphatic rings. The second kappa shape index (κ2) is 5.25. The molecule has 1 atom stereocenters. The Labute approximate surface area is 86.6 Å². The van der Waals surface area contributed by atoms with Gasteiger partial charge in [-0.1, -0.05) is 13.8 Å². The number of amides is 1. The van der Waals surface area contributed by atoms with E-state index < -0.39 is 25.3 Å². The summed E-state index contributed by atoms with van der Waals surface area (Å²) in [6, 6.07) is -1.27. The highest BCUT2D eigenvalue weighted by Crippen LogP contribution is 2.35. The van der Waals surface area contributed by atoms with E-state index >= 15 is 0 Å². The number of hydrogen-bond acceptors (Lipinski definition) is 3. The molecule has 0 radical (unpaired) electrons. The number of rotatable bonds is 5. The summed E-state index contributed by atoms with van der Waals surface area (Å²) < 4.78 is 10.5. The molecule has 0 aromatic heterocycles. The van der Waals surface area contributed by atoms with Gasteiger partial charge < -0.3 is 20.2 Å². The van der Waals surface area contributed by atoms with Gasteiger partial charge in [0.2, 0.25) is 0 Å². The van der Waals surface area contributed by atoms with Crippen molar-refractivity contribution in [3.63, 3.8) is 0 Å². The van der Waals surface area contributed by atoms with E-state index in [4.69, 9.17) is 14.9 Å². The lowest BCUT2D eigenvalue weighted by Gasteiger charge is -2.16. The lowest BCUT2D eigenvalue weighted by Crippen LogP contribution is -2.40. The minimum atomic E-state index is -4.91. The van der Waals surface area contributed by atoms with Crippen molar-refractivity contribution in [2.75, 3.05) is 0 Å². The van der Waals surface area contributed by atoms with Crippen LogP contribution in [0, 0.1) is 5.92 Å². The Kier molecular flexibility index (Phi) is 4.93. The zero-order valence-corrected chi connectivity index (χ0v) is 9.27. The van der Waals surface area contributed by atoms with Gasteiger partial charge in [0.25, 0.3) is 0 Å². The van der Waals surface area contributed by atoms with E-state index in [1.54, 1.807) is 19.2 Å². The molecule has 0 saturated heterocycles. The fourth-order valence-corrected chi connectivity index (χ4v) is 1.25. The first-order valence-corrected chi connectivity index (χ1v) is 5.85. The van der Waals surface area contributed by atoms with Crippen LogP contribution in [-0.4, -0.2) is 32.6 Å². The average Bonchev–Trinajstić information content (AvgIpc) is 1.99. The third kappa shape index (κ3) is 5.51. The van der Waals surface area contributed by atoms with Gasteiger partial charge in [0.1, 0.15) is 6.04 Å². The van der Waals surface area contributed by atoms with E-state index in [1.165, 1.54) is 0 Å².